The van der Waals surface area contributed by atoms with Gasteiger partial charge >= 0.3 is 0 Å². The van der Waals surface area contributed by atoms with Crippen molar-refractivity contribution in [1.29, 1.82) is 0 Å². The third-order valence-electron chi connectivity index (χ3n) is 2.53. The fourth-order valence-corrected chi connectivity index (χ4v) is 2.00. The van der Waals surface area contributed by atoms with Crippen LogP contribution in [0.5, 0.6) is 0 Å². The SMILES string of the molecule is CCCCCCNc1ccc(C)c(I)c1. The fourth-order valence-electron chi connectivity index (χ4n) is 1.49. The number of hydrogen-bond acceptors (Lipinski definition) is 1. The van der Waals surface area contributed by atoms with Gasteiger partial charge in [0.2, 0.25) is 0 Å². The number of nitrogens with one attached hydrogen (secondary N) is 1. The van der Waals surface area contributed by atoms with Gasteiger partial charge in [-0.25, -0.2) is 0 Å². The van der Waals surface area contributed by atoms with Crippen LogP contribution in [-0.2, 0) is 0 Å². The van der Waals surface area contributed by atoms with E-state index in [2.05, 4.69) is 60.0 Å². The minimum Gasteiger partial charge on any atom is -0.385 e. The normalized spacial score (nSPS) is 10.3. The molecule has 0 aliphatic carbocycles. The van der Waals surface area contributed by atoms with Crippen LogP contribution in [0.4, 0.5) is 5.69 Å². The second kappa shape index (κ2) is 7.09. The van der Waals surface area contributed by atoms with Gasteiger partial charge in [0, 0.05) is 15.8 Å². The summed E-state index contributed by atoms with van der Waals surface area (Å²) in [7, 11) is 0. The van der Waals surface area contributed by atoms with E-state index in [4.69, 9.17) is 0 Å². The predicted molar refractivity (Wildman–Crippen MR) is 76.5 cm³/mol. The van der Waals surface area contributed by atoms with Crippen LogP contribution in [0.25, 0.3) is 0 Å². The van der Waals surface area contributed by atoms with E-state index in [1.807, 2.05) is 0 Å². The first-order chi connectivity index (χ1) is 7.24. The van der Waals surface area contributed by atoms with E-state index in [9.17, 15) is 0 Å². The van der Waals surface area contributed by atoms with E-state index >= 15 is 0 Å². The molecule has 0 aromatic heterocycles. The van der Waals surface area contributed by atoms with E-state index < -0.39 is 0 Å². The van der Waals surface area contributed by atoms with Crippen LogP contribution in [0.1, 0.15) is 38.2 Å². The summed E-state index contributed by atoms with van der Waals surface area (Å²) < 4.78 is 1.34. The second-order valence-electron chi connectivity index (χ2n) is 3.95. The topological polar surface area (TPSA) is 12.0 Å². The molecule has 84 valence electrons. The van der Waals surface area contributed by atoms with Gasteiger partial charge in [0.1, 0.15) is 0 Å². The smallest absolute Gasteiger partial charge is 0.0350 e. The van der Waals surface area contributed by atoms with Crippen LogP contribution in [0.3, 0.4) is 0 Å². The molecule has 0 bridgehead atoms. The van der Waals surface area contributed by atoms with Gasteiger partial charge in [0.15, 0.2) is 0 Å². The monoisotopic (exact) mass is 317 g/mol. The molecular weight excluding hydrogens is 297 g/mol. The first kappa shape index (κ1) is 12.8. The quantitative estimate of drug-likeness (QED) is 0.598. The van der Waals surface area contributed by atoms with Gasteiger partial charge in [-0.3, -0.25) is 0 Å². The van der Waals surface area contributed by atoms with Gasteiger partial charge < -0.3 is 5.32 Å². The Kier molecular flexibility index (Phi) is 6.06. The van der Waals surface area contributed by atoms with E-state index in [1.54, 1.807) is 0 Å². The molecule has 0 amide bonds. The highest BCUT2D eigenvalue weighted by molar-refractivity contribution is 14.1. The zero-order chi connectivity index (χ0) is 11.1. The van der Waals surface area contributed by atoms with E-state index in [-0.39, 0.29) is 0 Å². The van der Waals surface area contributed by atoms with Gasteiger partial charge in [0.25, 0.3) is 0 Å². The van der Waals surface area contributed by atoms with Gasteiger partial charge in [-0.15, -0.1) is 0 Å². The zero-order valence-electron chi connectivity index (χ0n) is 9.65. The van der Waals surface area contributed by atoms with Crippen molar-refractivity contribution in [3.05, 3.63) is 27.3 Å². The van der Waals surface area contributed by atoms with Gasteiger partial charge in [-0.05, 0) is 53.6 Å². The molecule has 0 aliphatic rings. The number of hydrogen-bond donors (Lipinski definition) is 1. The maximum atomic E-state index is 3.47. The number of halogens is 1. The summed E-state index contributed by atoms with van der Waals surface area (Å²) in [6.45, 7) is 5.49. The molecule has 1 rings (SSSR count). The average Bonchev–Trinajstić information content (AvgIpc) is 2.23. The molecule has 1 nitrogen and oxygen atoms in total. The van der Waals surface area contributed by atoms with E-state index in [1.165, 1.54) is 40.5 Å². The van der Waals surface area contributed by atoms with Crippen molar-refractivity contribution in [2.24, 2.45) is 0 Å². The first-order valence-electron chi connectivity index (χ1n) is 5.74. The highest BCUT2D eigenvalue weighted by Crippen LogP contribution is 2.17. The number of aryl methyl sites for hydroxylation is 1. The third-order valence-corrected chi connectivity index (χ3v) is 3.69. The van der Waals surface area contributed by atoms with Crippen LogP contribution in [-0.4, -0.2) is 6.54 Å². The predicted octanol–water partition coefficient (Wildman–Crippen LogP) is 4.59. The van der Waals surface area contributed by atoms with E-state index in [0.717, 1.165) is 6.54 Å². The summed E-state index contributed by atoms with van der Waals surface area (Å²) in [6.07, 6.45) is 5.28. The molecular formula is C13H20IN. The number of rotatable bonds is 6. The summed E-state index contributed by atoms with van der Waals surface area (Å²) in [6, 6.07) is 6.56. The van der Waals surface area contributed by atoms with Crippen molar-refractivity contribution in [2.75, 3.05) is 11.9 Å². The Hall–Kier alpha value is -0.250. The second-order valence-corrected chi connectivity index (χ2v) is 5.11. The molecule has 15 heavy (non-hydrogen) atoms. The van der Waals surface area contributed by atoms with Crippen LogP contribution in [0.2, 0.25) is 0 Å². The Balaban J connectivity index is 2.28. The average molecular weight is 317 g/mol. The van der Waals surface area contributed by atoms with E-state index in [0.29, 0.717) is 0 Å². The molecule has 0 radical (unpaired) electrons. The number of unbranched alkanes of at least 4 members (excludes halogenated alkanes) is 3. The molecule has 0 fully saturated rings. The summed E-state index contributed by atoms with van der Waals surface area (Å²) in [4.78, 5) is 0. The first-order valence-corrected chi connectivity index (χ1v) is 6.82. The Morgan fingerprint density at radius 3 is 2.67 bits per heavy atom. The molecule has 1 aromatic rings. The van der Waals surface area contributed by atoms with Crippen molar-refractivity contribution in [1.82, 2.24) is 0 Å². The minimum atomic E-state index is 1.10. The molecule has 0 aliphatic heterocycles. The van der Waals surface area contributed by atoms with Crippen LogP contribution in [0.15, 0.2) is 18.2 Å². The summed E-state index contributed by atoms with van der Waals surface area (Å²) in [5.74, 6) is 0. The fraction of sp³-hybridized carbons (Fsp3) is 0.538. The molecule has 0 atom stereocenters. The molecule has 0 heterocycles. The molecule has 0 spiro atoms. The van der Waals surface area contributed by atoms with Crippen molar-refractivity contribution < 1.29 is 0 Å². The lowest BCUT2D eigenvalue weighted by Gasteiger charge is -2.07. The summed E-state index contributed by atoms with van der Waals surface area (Å²) in [5, 5.41) is 3.47. The lowest BCUT2D eigenvalue weighted by Crippen LogP contribution is -2.01. The van der Waals surface area contributed by atoms with Crippen molar-refractivity contribution in [3.8, 4) is 0 Å². The summed E-state index contributed by atoms with van der Waals surface area (Å²) >= 11 is 2.38. The summed E-state index contributed by atoms with van der Waals surface area (Å²) in [5.41, 5.74) is 2.61. The molecule has 0 saturated heterocycles. The highest BCUT2D eigenvalue weighted by Gasteiger charge is 1.96. The Morgan fingerprint density at radius 2 is 2.00 bits per heavy atom. The van der Waals surface area contributed by atoms with Gasteiger partial charge in [0.05, 0.1) is 0 Å². The highest BCUT2D eigenvalue weighted by atomic mass is 127. The van der Waals surface area contributed by atoms with Crippen LogP contribution >= 0.6 is 22.6 Å². The maximum Gasteiger partial charge on any atom is 0.0350 e. The number of anilines is 1. The zero-order valence-corrected chi connectivity index (χ0v) is 11.8. The Bertz CT molecular complexity index is 297. The molecule has 0 saturated carbocycles. The molecule has 0 unspecified atom stereocenters. The van der Waals surface area contributed by atoms with Crippen LogP contribution < -0.4 is 5.32 Å². The van der Waals surface area contributed by atoms with Gasteiger partial charge in [-0.2, -0.15) is 0 Å². The lowest BCUT2D eigenvalue weighted by molar-refractivity contribution is 0.685. The minimum absolute atomic E-state index is 1.10. The molecule has 1 N–H and O–H groups in total. The van der Waals surface area contributed by atoms with Crippen molar-refractivity contribution in [2.45, 2.75) is 39.5 Å². The third kappa shape index (κ3) is 4.87. The van der Waals surface area contributed by atoms with Crippen LogP contribution in [0, 0.1) is 10.5 Å². The lowest BCUT2D eigenvalue weighted by atomic mass is 10.2. The Labute approximate surface area is 107 Å². The van der Waals surface area contributed by atoms with Crippen molar-refractivity contribution >= 4 is 28.3 Å². The Morgan fingerprint density at radius 1 is 1.20 bits per heavy atom. The van der Waals surface area contributed by atoms with Crippen molar-refractivity contribution in [3.63, 3.8) is 0 Å². The molecule has 1 aromatic carbocycles. The van der Waals surface area contributed by atoms with Gasteiger partial charge in [-0.1, -0.05) is 32.3 Å². The number of benzene rings is 1. The molecule has 2 heteroatoms. The largest absolute Gasteiger partial charge is 0.385 e. The maximum absolute atomic E-state index is 3.47. The standard InChI is InChI=1S/C13H20IN/c1-3-4-5-6-9-15-12-8-7-11(2)13(14)10-12/h7-8,10,15H,3-6,9H2,1-2H3.